The predicted molar refractivity (Wildman–Crippen MR) is 95.4 cm³/mol. The highest BCUT2D eigenvalue weighted by Crippen LogP contribution is 2.29. The van der Waals surface area contributed by atoms with Crippen LogP contribution in [0.1, 0.15) is 17.0 Å². The van der Waals surface area contributed by atoms with Gasteiger partial charge in [-0.3, -0.25) is 0 Å². The van der Waals surface area contributed by atoms with Gasteiger partial charge in [-0.05, 0) is 49.2 Å². The van der Waals surface area contributed by atoms with Gasteiger partial charge in [0.1, 0.15) is 11.6 Å². The molecule has 2 N–H and O–H groups in total. The van der Waals surface area contributed by atoms with E-state index in [2.05, 4.69) is 9.97 Å². The smallest absolute Gasteiger partial charge is 0.224 e. The number of halogens is 1. The van der Waals surface area contributed by atoms with Crippen molar-refractivity contribution in [2.75, 3.05) is 25.0 Å². The molecule has 25 heavy (non-hydrogen) atoms. The molecule has 1 aliphatic rings. The van der Waals surface area contributed by atoms with E-state index in [0.29, 0.717) is 36.6 Å². The maximum atomic E-state index is 14.7. The standard InChI is InChI=1S/C19H20FN3O2/c1-25-14-3-2-8-23(11-14)18-7-5-15(19(20)22-18)17-10-12-9-13(24)4-6-16(12)21-17/h4-7,9-10,14,21,24H,2-3,8,11H2,1H3/t14-/m0/s1/i1T3. The number of phenols is 1. The molecule has 0 unspecified atom stereocenters. The summed E-state index contributed by atoms with van der Waals surface area (Å²) in [5, 5.41) is 10.4. The van der Waals surface area contributed by atoms with Gasteiger partial charge in [0, 0.05) is 31.0 Å². The molecule has 2 aromatic heterocycles. The molecule has 0 aliphatic carbocycles. The van der Waals surface area contributed by atoms with E-state index in [1.165, 1.54) is 0 Å². The van der Waals surface area contributed by atoms with Gasteiger partial charge in [-0.25, -0.2) is 4.98 Å². The Kier molecular flexibility index (Phi) is 3.24. The van der Waals surface area contributed by atoms with E-state index in [0.717, 1.165) is 17.3 Å². The SMILES string of the molecule is [3H]C([3H])([3H])O[C@H]1CCCN(c2ccc(-c3cc4cc(O)ccc4[nH]3)c(F)n2)C1. The molecule has 1 aromatic carbocycles. The maximum Gasteiger partial charge on any atom is 0.224 e. The summed E-state index contributed by atoms with van der Waals surface area (Å²) >= 11 is 0. The number of hydrogen-bond donors (Lipinski definition) is 2. The third-order valence-corrected chi connectivity index (χ3v) is 4.60. The number of rotatable bonds is 3. The number of aromatic amines is 1. The number of aromatic hydroxyl groups is 1. The first-order valence-corrected chi connectivity index (χ1v) is 8.20. The minimum Gasteiger partial charge on any atom is -0.508 e. The zero-order valence-corrected chi connectivity index (χ0v) is 13.5. The number of phenolic OH excluding ortho intramolecular Hbond substituents is 1. The minimum absolute atomic E-state index is 0.144. The third-order valence-electron chi connectivity index (χ3n) is 4.60. The third kappa shape index (κ3) is 3.05. The zero-order chi connectivity index (χ0) is 19.9. The van der Waals surface area contributed by atoms with Crippen LogP contribution in [-0.4, -0.2) is 41.3 Å². The second kappa shape index (κ2) is 6.37. The van der Waals surface area contributed by atoms with Gasteiger partial charge in [-0.2, -0.15) is 4.39 Å². The fourth-order valence-electron chi connectivity index (χ4n) is 3.31. The van der Waals surface area contributed by atoms with Crippen molar-refractivity contribution in [2.45, 2.75) is 18.9 Å². The lowest BCUT2D eigenvalue weighted by Gasteiger charge is -2.32. The van der Waals surface area contributed by atoms with Crippen LogP contribution in [0.5, 0.6) is 5.75 Å². The van der Waals surface area contributed by atoms with Crippen molar-refractivity contribution in [1.82, 2.24) is 9.97 Å². The van der Waals surface area contributed by atoms with Crippen LogP contribution < -0.4 is 4.90 Å². The summed E-state index contributed by atoms with van der Waals surface area (Å²) in [4.78, 5) is 9.05. The van der Waals surface area contributed by atoms with Gasteiger partial charge in [0.15, 0.2) is 0 Å². The molecule has 1 aliphatic heterocycles. The lowest BCUT2D eigenvalue weighted by molar-refractivity contribution is 0.0891. The highest BCUT2D eigenvalue weighted by atomic mass is 19.1. The number of H-pyrrole nitrogens is 1. The van der Waals surface area contributed by atoms with Gasteiger partial charge in [0.05, 0.1) is 21.5 Å². The van der Waals surface area contributed by atoms with Crippen LogP contribution in [0.4, 0.5) is 10.2 Å². The molecule has 1 saturated heterocycles. The molecular weight excluding hydrogens is 321 g/mol. The van der Waals surface area contributed by atoms with Crippen LogP contribution in [0.2, 0.25) is 0 Å². The Morgan fingerprint density at radius 2 is 2.28 bits per heavy atom. The monoisotopic (exact) mass is 347 g/mol. The lowest BCUT2D eigenvalue weighted by Crippen LogP contribution is -2.39. The molecule has 0 spiro atoms. The van der Waals surface area contributed by atoms with Crippen molar-refractivity contribution in [2.24, 2.45) is 0 Å². The first kappa shape index (κ1) is 12.7. The molecular formula is C19H20FN3O2. The molecule has 1 fully saturated rings. The van der Waals surface area contributed by atoms with Crippen molar-refractivity contribution in [3.8, 4) is 17.0 Å². The fourth-order valence-corrected chi connectivity index (χ4v) is 3.31. The lowest BCUT2D eigenvalue weighted by atomic mass is 10.1. The number of benzene rings is 1. The minimum atomic E-state index is -2.44. The van der Waals surface area contributed by atoms with E-state index in [-0.39, 0.29) is 5.75 Å². The van der Waals surface area contributed by atoms with Gasteiger partial charge in [0.2, 0.25) is 5.95 Å². The molecule has 0 saturated carbocycles. The van der Waals surface area contributed by atoms with Crippen LogP contribution in [0.25, 0.3) is 22.2 Å². The van der Waals surface area contributed by atoms with Crippen molar-refractivity contribution >= 4 is 16.7 Å². The number of piperidine rings is 1. The van der Waals surface area contributed by atoms with Crippen molar-refractivity contribution in [1.29, 1.82) is 0 Å². The number of pyridine rings is 1. The Morgan fingerprint density at radius 1 is 1.36 bits per heavy atom. The average Bonchev–Trinajstić information content (AvgIpc) is 3.03. The van der Waals surface area contributed by atoms with Crippen LogP contribution in [0.15, 0.2) is 36.4 Å². The summed E-state index contributed by atoms with van der Waals surface area (Å²) in [6.45, 7) is 1.02. The maximum absolute atomic E-state index is 14.7. The number of nitrogens with one attached hydrogen (secondary N) is 1. The molecule has 3 aromatic rings. The van der Waals surface area contributed by atoms with E-state index in [1.807, 2.05) is 4.90 Å². The number of nitrogens with zero attached hydrogens (tertiary/aromatic N) is 2. The van der Waals surface area contributed by atoms with Gasteiger partial charge in [-0.15, -0.1) is 0 Å². The topological polar surface area (TPSA) is 61.4 Å². The molecule has 1 atom stereocenters. The van der Waals surface area contributed by atoms with Crippen LogP contribution >= 0.6 is 0 Å². The van der Waals surface area contributed by atoms with E-state index in [9.17, 15) is 9.50 Å². The number of methoxy groups -OCH3 is 1. The van der Waals surface area contributed by atoms with Crippen LogP contribution in [-0.2, 0) is 4.74 Å². The quantitative estimate of drug-likeness (QED) is 0.710. The summed E-state index contributed by atoms with van der Waals surface area (Å²) in [5.41, 5.74) is 1.68. The Morgan fingerprint density at radius 3 is 3.12 bits per heavy atom. The molecule has 0 bridgehead atoms. The number of hydrogen-bond acceptors (Lipinski definition) is 4. The van der Waals surface area contributed by atoms with E-state index < -0.39 is 19.1 Å². The largest absolute Gasteiger partial charge is 0.508 e. The van der Waals surface area contributed by atoms with Gasteiger partial charge < -0.3 is 19.7 Å². The first-order valence-electron chi connectivity index (χ1n) is 9.70. The van der Waals surface area contributed by atoms with Crippen LogP contribution in [0, 0.1) is 5.95 Å². The molecule has 5 nitrogen and oxygen atoms in total. The van der Waals surface area contributed by atoms with Crippen LogP contribution in [0.3, 0.4) is 0 Å². The number of anilines is 1. The average molecular weight is 347 g/mol. The Labute approximate surface area is 149 Å². The molecule has 130 valence electrons. The fraction of sp³-hybridized carbons (Fsp3) is 0.316. The van der Waals surface area contributed by atoms with Crippen molar-refractivity contribution in [3.63, 3.8) is 0 Å². The van der Waals surface area contributed by atoms with Crippen molar-refractivity contribution < 1.29 is 18.3 Å². The normalized spacial score (nSPS) is 20.3. The summed E-state index contributed by atoms with van der Waals surface area (Å²) in [6, 6.07) is 10.0. The Balaban J connectivity index is 1.57. The molecule has 6 heteroatoms. The number of aromatic nitrogens is 2. The van der Waals surface area contributed by atoms with Gasteiger partial charge in [-0.1, -0.05) is 0 Å². The molecule has 4 rings (SSSR count). The summed E-state index contributed by atoms with van der Waals surface area (Å²) in [6.07, 6.45) is 0.960. The highest BCUT2D eigenvalue weighted by Gasteiger charge is 2.21. The summed E-state index contributed by atoms with van der Waals surface area (Å²) < 4.78 is 41.6. The Hall–Kier alpha value is -2.60. The summed E-state index contributed by atoms with van der Waals surface area (Å²) in [5.74, 6) is -0.0214. The second-order valence-electron chi connectivity index (χ2n) is 6.29. The Bertz CT molecular complexity index is 1010. The van der Waals surface area contributed by atoms with Gasteiger partial charge >= 0.3 is 0 Å². The molecule has 3 heterocycles. The molecule has 0 radical (unpaired) electrons. The second-order valence-corrected chi connectivity index (χ2v) is 6.29. The van der Waals surface area contributed by atoms with E-state index in [1.54, 1.807) is 36.4 Å². The number of ether oxygens (including phenoxy) is 1. The van der Waals surface area contributed by atoms with Crippen molar-refractivity contribution in [3.05, 3.63) is 42.3 Å². The van der Waals surface area contributed by atoms with E-state index in [4.69, 9.17) is 8.85 Å². The van der Waals surface area contributed by atoms with E-state index >= 15 is 0 Å². The zero-order valence-electron chi connectivity index (χ0n) is 16.5. The first-order chi connectivity index (χ1) is 13.3. The van der Waals surface area contributed by atoms with Gasteiger partial charge in [0.25, 0.3) is 0 Å². The highest BCUT2D eigenvalue weighted by molar-refractivity contribution is 5.87. The number of fused-ring (bicyclic) bond motifs is 1. The summed E-state index contributed by atoms with van der Waals surface area (Å²) in [7, 11) is -2.44. The molecule has 0 amide bonds. The predicted octanol–water partition coefficient (Wildman–Crippen LogP) is 3.69.